The molecular weight excluding hydrogens is 264 g/mol. The lowest BCUT2D eigenvalue weighted by atomic mass is 9.96. The maximum Gasteiger partial charge on any atom is 0.325 e. The van der Waals surface area contributed by atoms with E-state index in [4.69, 9.17) is 10.5 Å². The summed E-state index contributed by atoms with van der Waals surface area (Å²) >= 11 is 0. The van der Waals surface area contributed by atoms with Crippen molar-refractivity contribution in [2.45, 2.75) is 45.6 Å². The average Bonchev–Trinajstić information content (AvgIpc) is 2.46. The van der Waals surface area contributed by atoms with Gasteiger partial charge in [-0.25, -0.2) is 0 Å². The zero-order valence-electron chi connectivity index (χ0n) is 13.7. The summed E-state index contributed by atoms with van der Waals surface area (Å²) in [6.07, 6.45) is 2.56. The topological polar surface area (TPSA) is 55.6 Å². The van der Waals surface area contributed by atoms with E-state index in [-0.39, 0.29) is 5.97 Å². The Kier molecular flexibility index (Phi) is 6.69. The van der Waals surface area contributed by atoms with E-state index in [9.17, 15) is 4.79 Å². The van der Waals surface area contributed by atoms with Crippen molar-refractivity contribution in [3.05, 3.63) is 29.8 Å². The van der Waals surface area contributed by atoms with Crippen LogP contribution in [-0.4, -0.2) is 31.7 Å². The van der Waals surface area contributed by atoms with Crippen LogP contribution in [-0.2, 0) is 9.53 Å². The number of anilines is 1. The van der Waals surface area contributed by atoms with Crippen LogP contribution in [0, 0.1) is 6.92 Å². The lowest BCUT2D eigenvalue weighted by molar-refractivity contribution is -0.146. The molecule has 0 spiro atoms. The number of carbonyl (C=O) groups excluding carboxylic acids is 1. The second kappa shape index (κ2) is 8.03. The summed E-state index contributed by atoms with van der Waals surface area (Å²) in [5.41, 5.74) is 7.60. The largest absolute Gasteiger partial charge is 0.468 e. The van der Waals surface area contributed by atoms with Gasteiger partial charge in [0.1, 0.15) is 5.54 Å². The van der Waals surface area contributed by atoms with E-state index in [0.717, 1.165) is 25.9 Å². The molecule has 0 saturated carbocycles. The highest BCUT2D eigenvalue weighted by Crippen LogP contribution is 2.18. The number of nitrogens with zero attached hydrogens (tertiary/aromatic N) is 1. The van der Waals surface area contributed by atoms with Crippen LogP contribution in [0.3, 0.4) is 0 Å². The number of aryl methyl sites for hydroxylation is 1. The van der Waals surface area contributed by atoms with Crippen molar-refractivity contribution in [3.63, 3.8) is 0 Å². The number of nitrogens with two attached hydrogens (primary N) is 1. The predicted molar refractivity (Wildman–Crippen MR) is 87.5 cm³/mol. The van der Waals surface area contributed by atoms with Crippen molar-refractivity contribution in [2.24, 2.45) is 5.73 Å². The van der Waals surface area contributed by atoms with Crippen LogP contribution in [0.5, 0.6) is 0 Å². The molecule has 21 heavy (non-hydrogen) atoms. The standard InChI is InChI=1S/C17H28N2O2/c1-5-19(15-10-8-9-14(2)13-15)12-7-6-11-17(3,18)16(20)21-4/h8-10,13H,5-7,11-12,18H2,1-4H3. The van der Waals surface area contributed by atoms with Crippen molar-refractivity contribution in [3.8, 4) is 0 Å². The average molecular weight is 292 g/mol. The third-order valence-electron chi connectivity index (χ3n) is 3.77. The summed E-state index contributed by atoms with van der Waals surface area (Å²) in [6, 6.07) is 8.53. The molecule has 4 heteroatoms. The SMILES string of the molecule is CCN(CCCCC(C)(N)C(=O)OC)c1cccc(C)c1. The Hall–Kier alpha value is -1.55. The van der Waals surface area contributed by atoms with Gasteiger partial charge in [0.15, 0.2) is 0 Å². The quantitative estimate of drug-likeness (QED) is 0.591. The maximum absolute atomic E-state index is 11.5. The lowest BCUT2D eigenvalue weighted by Gasteiger charge is -2.25. The van der Waals surface area contributed by atoms with Crippen molar-refractivity contribution >= 4 is 11.7 Å². The minimum absolute atomic E-state index is 0.339. The molecule has 0 aromatic heterocycles. The molecular formula is C17H28N2O2. The van der Waals surface area contributed by atoms with Crippen LogP contribution in [0.1, 0.15) is 38.7 Å². The number of esters is 1. The number of hydrogen-bond acceptors (Lipinski definition) is 4. The number of hydrogen-bond donors (Lipinski definition) is 1. The van der Waals surface area contributed by atoms with E-state index in [0.29, 0.717) is 6.42 Å². The van der Waals surface area contributed by atoms with Gasteiger partial charge < -0.3 is 15.4 Å². The summed E-state index contributed by atoms with van der Waals surface area (Å²) in [5, 5.41) is 0. The van der Waals surface area contributed by atoms with E-state index in [1.807, 2.05) is 0 Å². The van der Waals surface area contributed by atoms with Gasteiger partial charge in [-0.2, -0.15) is 0 Å². The molecule has 1 aromatic carbocycles. The molecule has 4 nitrogen and oxygen atoms in total. The molecule has 118 valence electrons. The highest BCUT2D eigenvalue weighted by atomic mass is 16.5. The van der Waals surface area contributed by atoms with Crippen molar-refractivity contribution in [2.75, 3.05) is 25.1 Å². The molecule has 0 heterocycles. The van der Waals surface area contributed by atoms with Crippen LogP contribution >= 0.6 is 0 Å². The van der Waals surface area contributed by atoms with E-state index < -0.39 is 5.54 Å². The Morgan fingerprint density at radius 2 is 2.10 bits per heavy atom. The lowest BCUT2D eigenvalue weighted by Crippen LogP contribution is -2.45. The molecule has 0 saturated heterocycles. The normalized spacial score (nSPS) is 13.6. The molecule has 0 aliphatic rings. The van der Waals surface area contributed by atoms with E-state index in [1.165, 1.54) is 18.4 Å². The van der Waals surface area contributed by atoms with Gasteiger partial charge in [-0.1, -0.05) is 12.1 Å². The van der Waals surface area contributed by atoms with E-state index >= 15 is 0 Å². The van der Waals surface area contributed by atoms with Crippen LogP contribution in [0.25, 0.3) is 0 Å². The predicted octanol–water partition coefficient (Wildman–Crippen LogP) is 2.88. The molecule has 1 atom stereocenters. The molecule has 1 aromatic rings. The van der Waals surface area contributed by atoms with Crippen LogP contribution in [0.4, 0.5) is 5.69 Å². The molecule has 0 bridgehead atoms. The van der Waals surface area contributed by atoms with Crippen molar-refractivity contribution in [1.29, 1.82) is 0 Å². The summed E-state index contributed by atoms with van der Waals surface area (Å²) in [5.74, 6) is -0.339. The van der Waals surface area contributed by atoms with Crippen molar-refractivity contribution in [1.82, 2.24) is 0 Å². The number of benzene rings is 1. The smallest absolute Gasteiger partial charge is 0.325 e. The van der Waals surface area contributed by atoms with Crippen LogP contribution in [0.15, 0.2) is 24.3 Å². The monoisotopic (exact) mass is 292 g/mol. The van der Waals surface area contributed by atoms with Crippen LogP contribution < -0.4 is 10.6 Å². The third kappa shape index (κ3) is 5.38. The summed E-state index contributed by atoms with van der Waals surface area (Å²) in [6.45, 7) is 7.94. The zero-order chi connectivity index (χ0) is 15.9. The number of methoxy groups -OCH3 is 1. The van der Waals surface area contributed by atoms with Gasteiger partial charge in [-0.05, 0) is 57.7 Å². The van der Waals surface area contributed by atoms with Gasteiger partial charge in [0, 0.05) is 18.8 Å². The molecule has 0 amide bonds. The summed E-state index contributed by atoms with van der Waals surface area (Å²) in [7, 11) is 1.38. The molecule has 0 aliphatic carbocycles. The first-order valence-corrected chi connectivity index (χ1v) is 7.59. The van der Waals surface area contributed by atoms with Crippen molar-refractivity contribution < 1.29 is 9.53 Å². The van der Waals surface area contributed by atoms with E-state index in [1.54, 1.807) is 6.92 Å². The van der Waals surface area contributed by atoms with Gasteiger partial charge in [-0.3, -0.25) is 4.79 Å². The number of carbonyl (C=O) groups is 1. The van der Waals surface area contributed by atoms with E-state index in [2.05, 4.69) is 43.0 Å². The van der Waals surface area contributed by atoms with Gasteiger partial charge in [0.25, 0.3) is 0 Å². The fraction of sp³-hybridized carbons (Fsp3) is 0.588. The molecule has 1 unspecified atom stereocenters. The Morgan fingerprint density at radius 1 is 1.38 bits per heavy atom. The fourth-order valence-electron chi connectivity index (χ4n) is 2.42. The Balaban J connectivity index is 2.45. The minimum Gasteiger partial charge on any atom is -0.468 e. The second-order valence-corrected chi connectivity index (χ2v) is 5.78. The van der Waals surface area contributed by atoms with Gasteiger partial charge in [0.05, 0.1) is 7.11 Å². The first-order valence-electron chi connectivity index (χ1n) is 7.59. The van der Waals surface area contributed by atoms with Gasteiger partial charge in [0.2, 0.25) is 0 Å². The molecule has 0 fully saturated rings. The van der Waals surface area contributed by atoms with Gasteiger partial charge in [-0.15, -0.1) is 0 Å². The highest BCUT2D eigenvalue weighted by Gasteiger charge is 2.28. The Morgan fingerprint density at radius 3 is 2.67 bits per heavy atom. The first-order chi connectivity index (χ1) is 9.90. The Bertz CT molecular complexity index is 458. The summed E-state index contributed by atoms with van der Waals surface area (Å²) in [4.78, 5) is 13.9. The van der Waals surface area contributed by atoms with Gasteiger partial charge >= 0.3 is 5.97 Å². The maximum atomic E-state index is 11.5. The second-order valence-electron chi connectivity index (χ2n) is 5.78. The summed E-state index contributed by atoms with van der Waals surface area (Å²) < 4.78 is 4.72. The zero-order valence-corrected chi connectivity index (χ0v) is 13.7. The third-order valence-corrected chi connectivity index (χ3v) is 3.77. The molecule has 2 N–H and O–H groups in total. The molecule has 0 radical (unpaired) electrons. The fourth-order valence-corrected chi connectivity index (χ4v) is 2.42. The number of unbranched alkanes of at least 4 members (excludes halogenated alkanes) is 1. The molecule has 1 rings (SSSR count). The molecule has 0 aliphatic heterocycles. The Labute approximate surface area is 128 Å². The highest BCUT2D eigenvalue weighted by molar-refractivity contribution is 5.79. The number of ether oxygens (including phenoxy) is 1. The number of rotatable bonds is 8. The van der Waals surface area contributed by atoms with Crippen LogP contribution in [0.2, 0.25) is 0 Å². The first kappa shape index (κ1) is 17.5. The minimum atomic E-state index is -0.880.